The van der Waals surface area contributed by atoms with E-state index in [0.717, 1.165) is 37.7 Å². The van der Waals surface area contributed by atoms with Gasteiger partial charge in [-0.1, -0.05) is 70.8 Å². The van der Waals surface area contributed by atoms with E-state index in [-0.39, 0.29) is 12.0 Å². The summed E-state index contributed by atoms with van der Waals surface area (Å²) in [5.41, 5.74) is 3.02. The first-order valence-corrected chi connectivity index (χ1v) is 11.6. The Bertz CT molecular complexity index is 1320. The molecule has 0 bridgehead atoms. The maximum atomic E-state index is 13.4. The summed E-state index contributed by atoms with van der Waals surface area (Å²) in [6, 6.07) is -2.64. The van der Waals surface area contributed by atoms with Gasteiger partial charge in [0.15, 0.2) is 11.6 Å². The second-order valence-electron chi connectivity index (χ2n) is 9.01. The summed E-state index contributed by atoms with van der Waals surface area (Å²) < 4.78 is 55.6. The minimum Gasteiger partial charge on any atom is -0.289 e. The molecule has 1 aliphatic carbocycles. The van der Waals surface area contributed by atoms with Crippen molar-refractivity contribution in [2.45, 2.75) is 86.4 Å². The van der Waals surface area contributed by atoms with E-state index in [2.05, 4.69) is 45.9 Å². The first-order valence-electron chi connectivity index (χ1n) is 15.1. The Kier molecular flexibility index (Phi) is 7.02. The third kappa shape index (κ3) is 8.28. The molecule has 1 aromatic rings. The van der Waals surface area contributed by atoms with Crippen LogP contribution in [0.5, 0.6) is 0 Å². The molecule has 0 unspecified atom stereocenters. The number of allylic oxidation sites excluding steroid dienone is 10. The molecule has 0 fully saturated rings. The summed E-state index contributed by atoms with van der Waals surface area (Å²) in [6.07, 6.45) is 13.9. The molecule has 0 heterocycles. The van der Waals surface area contributed by atoms with Crippen molar-refractivity contribution in [3.63, 3.8) is 0 Å². The predicted octanol–water partition coefficient (Wildman–Crippen LogP) is 8.92. The van der Waals surface area contributed by atoms with E-state index in [4.69, 9.17) is 9.60 Å². The lowest BCUT2D eigenvalue weighted by molar-refractivity contribution is 0.0973. The first-order chi connectivity index (χ1) is 18.6. The highest BCUT2D eigenvalue weighted by Gasteiger charge is 2.28. The van der Waals surface area contributed by atoms with Crippen LogP contribution in [0.25, 0.3) is 0 Å². The van der Waals surface area contributed by atoms with E-state index in [1.54, 1.807) is 6.08 Å². The molecule has 33 heavy (non-hydrogen) atoms. The van der Waals surface area contributed by atoms with Crippen LogP contribution < -0.4 is 0 Å². The molecule has 2 heteroatoms. The number of hydrogen-bond donors (Lipinski definition) is 0. The van der Waals surface area contributed by atoms with Crippen LogP contribution in [-0.2, 0) is 0 Å². The third-order valence-electron chi connectivity index (χ3n) is 5.75. The minimum atomic E-state index is -2.91. The van der Waals surface area contributed by atoms with Gasteiger partial charge >= 0.3 is 0 Å². The summed E-state index contributed by atoms with van der Waals surface area (Å²) in [5.74, 6) is -1.88. The Morgan fingerprint density at radius 3 is 1.76 bits per heavy atom. The Hall–Kier alpha value is -2.74. The summed E-state index contributed by atoms with van der Waals surface area (Å²) in [6.45, 7) is 7.46. The molecule has 176 valence electrons. The largest absolute Gasteiger partial charge is 0.289 e. The number of rotatable bonds is 11. The van der Waals surface area contributed by atoms with Gasteiger partial charge in [0, 0.05) is 26.4 Å². The number of hydrogen-bond acceptors (Lipinski definition) is 2. The third-order valence-corrected chi connectivity index (χ3v) is 5.75. The van der Waals surface area contributed by atoms with Crippen molar-refractivity contribution >= 4 is 11.6 Å². The fourth-order valence-corrected chi connectivity index (χ4v) is 3.64. The normalized spacial score (nSPS) is 18.6. The Balaban J connectivity index is 2.14. The van der Waals surface area contributed by atoms with E-state index < -0.39 is 59.3 Å². The van der Waals surface area contributed by atoms with E-state index >= 15 is 0 Å². The van der Waals surface area contributed by atoms with Crippen LogP contribution in [0.15, 0.2) is 81.9 Å². The van der Waals surface area contributed by atoms with Gasteiger partial charge in [-0.05, 0) is 86.4 Å². The van der Waals surface area contributed by atoms with E-state index in [9.17, 15) is 9.59 Å². The Labute approximate surface area is 210 Å². The van der Waals surface area contributed by atoms with Crippen molar-refractivity contribution in [2.24, 2.45) is 0 Å². The SMILES string of the molecule is [2H]c1c([2H])c([2H])c2c(c1[2H])C(=O)C(C/C=C(/C)CC/C=C(\C)CC/C=C(\C)CCC=C(C)C)=C(C([2H])([2H])[2H])C2=O. The molecular weight excluding hydrogens is 404 g/mol. The monoisotopic (exact) mass is 451 g/mol. The zero-order valence-corrected chi connectivity index (χ0v) is 20.6. The van der Waals surface area contributed by atoms with Gasteiger partial charge in [0.25, 0.3) is 0 Å². The maximum Gasteiger partial charge on any atom is 0.190 e. The lowest BCUT2D eigenvalue weighted by Crippen LogP contribution is -2.20. The average molecular weight is 452 g/mol. The number of fused-ring (bicyclic) bond motifs is 1. The van der Waals surface area contributed by atoms with Crippen LogP contribution in [0.2, 0.25) is 0 Å². The summed E-state index contributed by atoms with van der Waals surface area (Å²) in [7, 11) is 0. The molecule has 2 rings (SSSR count). The molecule has 0 N–H and O–H groups in total. The van der Waals surface area contributed by atoms with Gasteiger partial charge in [-0.3, -0.25) is 9.59 Å². The number of carbonyl (C=O) groups excluding carboxylic acids is 2. The van der Waals surface area contributed by atoms with Crippen molar-refractivity contribution in [3.8, 4) is 0 Å². The van der Waals surface area contributed by atoms with Gasteiger partial charge in [0.2, 0.25) is 0 Å². The number of carbonyl (C=O) groups is 2. The molecule has 0 saturated carbocycles. The molecule has 0 amide bonds. The van der Waals surface area contributed by atoms with Crippen molar-refractivity contribution in [2.75, 3.05) is 0 Å². The quantitative estimate of drug-likeness (QED) is 0.315. The molecular formula is C31H40O2. The van der Waals surface area contributed by atoms with Crippen LogP contribution in [0, 0.1) is 0 Å². The van der Waals surface area contributed by atoms with Crippen LogP contribution in [-0.4, -0.2) is 11.6 Å². The van der Waals surface area contributed by atoms with Gasteiger partial charge in [-0.15, -0.1) is 0 Å². The van der Waals surface area contributed by atoms with Gasteiger partial charge < -0.3 is 0 Å². The van der Waals surface area contributed by atoms with Gasteiger partial charge in [-0.2, -0.15) is 0 Å². The summed E-state index contributed by atoms with van der Waals surface area (Å²) >= 11 is 0. The molecule has 0 spiro atoms. The van der Waals surface area contributed by atoms with Crippen LogP contribution >= 0.6 is 0 Å². The maximum absolute atomic E-state index is 13.4. The number of benzene rings is 1. The predicted molar refractivity (Wildman–Crippen MR) is 141 cm³/mol. The topological polar surface area (TPSA) is 34.1 Å². The lowest BCUT2D eigenvalue weighted by atomic mass is 9.83. The highest BCUT2D eigenvalue weighted by molar-refractivity contribution is 6.26. The van der Waals surface area contributed by atoms with Gasteiger partial charge in [0.1, 0.15) is 0 Å². The zero-order valence-electron chi connectivity index (χ0n) is 27.6. The second-order valence-corrected chi connectivity index (χ2v) is 9.01. The van der Waals surface area contributed by atoms with Crippen molar-refractivity contribution in [3.05, 3.63) is 93.0 Å². The molecule has 0 atom stereocenters. The Morgan fingerprint density at radius 1 is 0.758 bits per heavy atom. The highest BCUT2D eigenvalue weighted by Crippen LogP contribution is 2.28. The van der Waals surface area contributed by atoms with Gasteiger partial charge in [0.05, 0.1) is 5.48 Å². The first kappa shape index (κ1) is 17.7. The molecule has 0 aromatic heterocycles. The van der Waals surface area contributed by atoms with Crippen molar-refractivity contribution in [1.82, 2.24) is 0 Å². The van der Waals surface area contributed by atoms with Gasteiger partial charge in [-0.25, -0.2) is 0 Å². The molecule has 0 aliphatic heterocycles. The number of Topliss-reactive ketones (excluding diaryl/α,β-unsaturated/α-hetero) is 2. The lowest BCUT2D eigenvalue weighted by Gasteiger charge is -2.18. The minimum absolute atomic E-state index is 0.105. The molecule has 2 nitrogen and oxygen atoms in total. The average Bonchev–Trinajstić information content (AvgIpc) is 2.85. The van der Waals surface area contributed by atoms with Crippen molar-refractivity contribution < 1.29 is 19.2 Å². The molecule has 1 aromatic carbocycles. The van der Waals surface area contributed by atoms with E-state index in [1.165, 1.54) is 16.7 Å². The standard InChI is InChI=1S/C31H40O2/c1-22(2)12-9-13-23(3)14-10-15-24(4)16-11-17-25(5)20-21-27-26(6)30(32)28-18-7-8-19-29(28)31(27)33/h7-8,12,14,16,18-20H,9-11,13,15,17,21H2,1-6H3/b23-14+,24-16+,25-20-/i6D3,7D,8D,18D,19D. The summed E-state index contributed by atoms with van der Waals surface area (Å²) in [4.78, 5) is 26.6. The van der Waals surface area contributed by atoms with Crippen molar-refractivity contribution in [1.29, 1.82) is 0 Å². The smallest absolute Gasteiger partial charge is 0.190 e. The van der Waals surface area contributed by atoms with E-state index in [1.807, 2.05) is 6.92 Å². The fraction of sp³-hybridized carbons (Fsp3) is 0.419. The fourth-order valence-electron chi connectivity index (χ4n) is 3.64. The van der Waals surface area contributed by atoms with E-state index in [0.29, 0.717) is 6.42 Å². The van der Waals surface area contributed by atoms with Crippen LogP contribution in [0.4, 0.5) is 0 Å². The summed E-state index contributed by atoms with van der Waals surface area (Å²) in [5, 5.41) is 0. The number of ketones is 2. The zero-order chi connectivity index (χ0) is 30.4. The molecule has 0 radical (unpaired) electrons. The highest BCUT2D eigenvalue weighted by atomic mass is 16.1. The molecule has 0 saturated heterocycles. The Morgan fingerprint density at radius 2 is 1.24 bits per heavy atom. The molecule has 1 aliphatic rings. The van der Waals surface area contributed by atoms with Crippen LogP contribution in [0.1, 0.15) is 117 Å². The van der Waals surface area contributed by atoms with Crippen LogP contribution in [0.3, 0.4) is 0 Å². The second kappa shape index (κ2) is 13.1.